The Kier molecular flexibility index (Phi) is 6.86. The van der Waals surface area contributed by atoms with Crippen LogP contribution in [0.3, 0.4) is 0 Å². The van der Waals surface area contributed by atoms with Gasteiger partial charge in [-0.3, -0.25) is 9.36 Å². The fourth-order valence-electron chi connectivity index (χ4n) is 4.48. The lowest BCUT2D eigenvalue weighted by atomic mass is 9.91. The van der Waals surface area contributed by atoms with E-state index in [1.165, 1.54) is 9.25 Å². The average molecular weight is 535 g/mol. The standard InChI is InChI=1S/C27H24Cl2N6O2/c1-17(18-7-11-21(28)12-8-18)35-27(37)33(16-24(30)36)26(32-35)34-15-23(19-5-3-2-4-6-19)25(31-34)20-9-13-22(29)14-10-20/h2-14,17,23H,15-16H2,1H3,(H2,30,36)/t17-,23-/m1/s1. The van der Waals surface area contributed by atoms with Gasteiger partial charge in [-0.25, -0.2) is 14.5 Å². The molecule has 0 fully saturated rings. The summed E-state index contributed by atoms with van der Waals surface area (Å²) in [7, 11) is 0. The summed E-state index contributed by atoms with van der Waals surface area (Å²) in [5.74, 6) is -0.504. The van der Waals surface area contributed by atoms with Gasteiger partial charge in [0.2, 0.25) is 11.9 Å². The van der Waals surface area contributed by atoms with Crippen LogP contribution < -0.4 is 16.4 Å². The van der Waals surface area contributed by atoms with E-state index in [1.54, 1.807) is 17.1 Å². The van der Waals surface area contributed by atoms with Crippen molar-refractivity contribution in [1.29, 1.82) is 0 Å². The van der Waals surface area contributed by atoms with Crippen molar-refractivity contribution in [2.45, 2.75) is 25.4 Å². The third-order valence-corrected chi connectivity index (χ3v) is 6.89. The van der Waals surface area contributed by atoms with Crippen LogP contribution in [0.25, 0.3) is 0 Å². The van der Waals surface area contributed by atoms with Crippen molar-refractivity contribution in [3.63, 3.8) is 0 Å². The second-order valence-electron chi connectivity index (χ2n) is 8.84. The van der Waals surface area contributed by atoms with E-state index in [2.05, 4.69) is 5.10 Å². The smallest absolute Gasteiger partial charge is 0.348 e. The molecule has 0 unspecified atom stereocenters. The number of nitrogens with two attached hydrogens (primary N) is 1. The van der Waals surface area contributed by atoms with Crippen LogP contribution in [-0.2, 0) is 11.3 Å². The van der Waals surface area contributed by atoms with Gasteiger partial charge in [0.15, 0.2) is 0 Å². The summed E-state index contributed by atoms with van der Waals surface area (Å²) in [6.45, 7) is 1.96. The lowest BCUT2D eigenvalue weighted by Gasteiger charge is -2.16. The molecule has 2 heterocycles. The Labute approximate surface area is 223 Å². The minimum Gasteiger partial charge on any atom is -0.368 e. The Morgan fingerprint density at radius 2 is 1.62 bits per heavy atom. The van der Waals surface area contributed by atoms with Crippen LogP contribution >= 0.6 is 23.2 Å². The highest BCUT2D eigenvalue weighted by molar-refractivity contribution is 6.31. The molecule has 1 amide bonds. The van der Waals surface area contributed by atoms with E-state index in [9.17, 15) is 9.59 Å². The Bertz CT molecular complexity index is 1510. The number of nitrogens with zero attached hydrogens (tertiary/aromatic N) is 5. The van der Waals surface area contributed by atoms with Gasteiger partial charge in [-0.05, 0) is 47.9 Å². The molecule has 3 aromatic carbocycles. The number of amides is 1. The lowest BCUT2D eigenvalue weighted by Crippen LogP contribution is -2.33. The first-order valence-corrected chi connectivity index (χ1v) is 12.5. The minimum atomic E-state index is -0.650. The third kappa shape index (κ3) is 5.03. The maximum atomic E-state index is 13.4. The van der Waals surface area contributed by atoms with Crippen LogP contribution in [0, 0.1) is 0 Å². The molecule has 0 saturated carbocycles. The number of rotatable bonds is 7. The van der Waals surface area contributed by atoms with Crippen molar-refractivity contribution in [2.24, 2.45) is 10.8 Å². The molecule has 1 aliphatic heterocycles. The van der Waals surface area contributed by atoms with Crippen LogP contribution in [0.2, 0.25) is 10.0 Å². The highest BCUT2D eigenvalue weighted by atomic mass is 35.5. The molecule has 8 nitrogen and oxygen atoms in total. The van der Waals surface area contributed by atoms with Gasteiger partial charge >= 0.3 is 5.69 Å². The molecule has 0 aliphatic carbocycles. The van der Waals surface area contributed by atoms with E-state index >= 15 is 0 Å². The molecule has 5 rings (SSSR count). The van der Waals surface area contributed by atoms with Crippen molar-refractivity contribution < 1.29 is 4.79 Å². The average Bonchev–Trinajstić information content (AvgIpc) is 3.47. The van der Waals surface area contributed by atoms with Gasteiger partial charge in [0.25, 0.3) is 0 Å². The largest absolute Gasteiger partial charge is 0.368 e. The number of primary amides is 1. The van der Waals surface area contributed by atoms with Gasteiger partial charge in [0, 0.05) is 16.0 Å². The van der Waals surface area contributed by atoms with Gasteiger partial charge < -0.3 is 5.73 Å². The first kappa shape index (κ1) is 24.8. The van der Waals surface area contributed by atoms with E-state index in [1.807, 2.05) is 73.7 Å². The van der Waals surface area contributed by atoms with Gasteiger partial charge in [0.1, 0.15) is 6.54 Å². The normalized spacial score (nSPS) is 16.0. The van der Waals surface area contributed by atoms with Crippen LogP contribution in [0.15, 0.2) is 88.8 Å². The van der Waals surface area contributed by atoms with Crippen molar-refractivity contribution >= 4 is 40.8 Å². The van der Waals surface area contributed by atoms with E-state index in [0.717, 1.165) is 22.4 Å². The quantitative estimate of drug-likeness (QED) is 0.378. The van der Waals surface area contributed by atoms with Crippen molar-refractivity contribution in [3.05, 3.63) is 116 Å². The second-order valence-corrected chi connectivity index (χ2v) is 9.72. The number of carbonyl (C=O) groups is 1. The van der Waals surface area contributed by atoms with Gasteiger partial charge in [0.05, 0.1) is 18.3 Å². The number of aromatic nitrogens is 3. The molecular weight excluding hydrogens is 511 g/mol. The number of hydrazone groups is 1. The zero-order valence-electron chi connectivity index (χ0n) is 20.0. The molecule has 37 heavy (non-hydrogen) atoms. The van der Waals surface area contributed by atoms with E-state index in [-0.39, 0.29) is 18.4 Å². The molecule has 2 N–H and O–H groups in total. The van der Waals surface area contributed by atoms with Crippen molar-refractivity contribution in [3.8, 4) is 0 Å². The Balaban J connectivity index is 1.60. The maximum Gasteiger partial charge on any atom is 0.348 e. The molecule has 0 spiro atoms. The number of carbonyl (C=O) groups excluding carboxylic acids is 1. The number of hydrogen-bond acceptors (Lipinski definition) is 5. The van der Waals surface area contributed by atoms with E-state index < -0.39 is 17.6 Å². The summed E-state index contributed by atoms with van der Waals surface area (Å²) < 4.78 is 2.61. The second kappa shape index (κ2) is 10.2. The topological polar surface area (TPSA) is 98.5 Å². The summed E-state index contributed by atoms with van der Waals surface area (Å²) in [5.41, 5.74) is 8.67. The van der Waals surface area contributed by atoms with Crippen LogP contribution in [0.4, 0.5) is 5.95 Å². The fourth-order valence-corrected chi connectivity index (χ4v) is 4.73. The highest BCUT2D eigenvalue weighted by Crippen LogP contribution is 2.32. The number of hydrogen-bond donors (Lipinski definition) is 1. The van der Waals surface area contributed by atoms with Crippen LogP contribution in [0.5, 0.6) is 0 Å². The predicted octanol–water partition coefficient (Wildman–Crippen LogP) is 4.45. The Morgan fingerprint density at radius 3 is 2.24 bits per heavy atom. The molecule has 10 heteroatoms. The Hall–Kier alpha value is -3.88. The number of halogens is 2. The molecule has 0 saturated heterocycles. The zero-order chi connectivity index (χ0) is 26.1. The molecule has 188 valence electrons. The lowest BCUT2D eigenvalue weighted by molar-refractivity contribution is -0.118. The summed E-state index contributed by atoms with van der Waals surface area (Å²) in [5, 5.41) is 12.4. The summed E-state index contributed by atoms with van der Waals surface area (Å²) >= 11 is 12.2. The third-order valence-electron chi connectivity index (χ3n) is 6.39. The molecule has 1 aromatic heterocycles. The summed E-state index contributed by atoms with van der Waals surface area (Å²) in [6.07, 6.45) is 0. The van der Waals surface area contributed by atoms with Gasteiger partial charge in [-0.2, -0.15) is 5.10 Å². The van der Waals surface area contributed by atoms with Crippen molar-refractivity contribution in [2.75, 3.05) is 11.6 Å². The first-order chi connectivity index (χ1) is 17.8. The zero-order valence-corrected chi connectivity index (χ0v) is 21.5. The molecule has 0 bridgehead atoms. The molecular formula is C27H24Cl2N6O2. The monoisotopic (exact) mass is 534 g/mol. The minimum absolute atomic E-state index is 0.0988. The molecule has 0 radical (unpaired) electrons. The van der Waals surface area contributed by atoms with E-state index in [0.29, 0.717) is 16.6 Å². The molecule has 2 atom stereocenters. The maximum absolute atomic E-state index is 13.4. The van der Waals surface area contributed by atoms with E-state index in [4.69, 9.17) is 34.0 Å². The summed E-state index contributed by atoms with van der Waals surface area (Å²) in [6, 6.07) is 24.2. The number of benzene rings is 3. The Morgan fingerprint density at radius 1 is 1.00 bits per heavy atom. The van der Waals surface area contributed by atoms with Crippen LogP contribution in [-0.4, -0.2) is 32.5 Å². The molecule has 1 aliphatic rings. The van der Waals surface area contributed by atoms with Crippen LogP contribution in [0.1, 0.15) is 35.6 Å². The fraction of sp³-hybridized carbons (Fsp3) is 0.185. The number of anilines is 1. The highest BCUT2D eigenvalue weighted by Gasteiger charge is 2.33. The molecule has 4 aromatic rings. The van der Waals surface area contributed by atoms with Gasteiger partial charge in [-0.1, -0.05) is 77.8 Å². The predicted molar refractivity (Wildman–Crippen MR) is 145 cm³/mol. The van der Waals surface area contributed by atoms with Crippen molar-refractivity contribution in [1.82, 2.24) is 14.3 Å². The SMILES string of the molecule is C[C@H](c1ccc(Cl)cc1)n1nc(N2C[C@H](c3ccccc3)C(c3ccc(Cl)cc3)=N2)n(CC(N)=O)c1=O. The van der Waals surface area contributed by atoms with Gasteiger partial charge in [-0.15, -0.1) is 5.10 Å². The first-order valence-electron chi connectivity index (χ1n) is 11.7. The summed E-state index contributed by atoms with van der Waals surface area (Å²) in [4.78, 5) is 25.4.